The third-order valence-electron chi connectivity index (χ3n) is 7.45. The second-order valence-corrected chi connectivity index (χ2v) is 12.4. The maximum absolute atomic E-state index is 15.0. The van der Waals surface area contributed by atoms with Crippen LogP contribution in [0.15, 0.2) is 108 Å². The van der Waals surface area contributed by atoms with Gasteiger partial charge in [-0.05, 0) is 55.7 Å². The lowest BCUT2D eigenvalue weighted by Gasteiger charge is -2.34. The number of aryl methyl sites for hydroxylation is 2. The number of halogens is 1. The number of rotatable bonds is 13. The van der Waals surface area contributed by atoms with Gasteiger partial charge in [-0.25, -0.2) is 12.8 Å². The molecule has 1 atom stereocenters. The Bertz CT molecular complexity index is 1680. The number of nitrogens with zero attached hydrogens (tertiary/aromatic N) is 2. The molecule has 4 rings (SSSR count). The summed E-state index contributed by atoms with van der Waals surface area (Å²) in [5.41, 5.74) is 3.01. The Morgan fingerprint density at radius 2 is 1.43 bits per heavy atom. The highest BCUT2D eigenvalue weighted by molar-refractivity contribution is 7.92. The van der Waals surface area contributed by atoms with Gasteiger partial charge in [-0.2, -0.15) is 0 Å². The van der Waals surface area contributed by atoms with E-state index in [2.05, 4.69) is 5.32 Å². The fourth-order valence-electron chi connectivity index (χ4n) is 5.06. The Balaban J connectivity index is 1.83. The number of likely N-dealkylation sites (N-methyl/N-ethyl adjacent to an activating group) is 1. The Kier molecular flexibility index (Phi) is 10.9. The van der Waals surface area contributed by atoms with Crippen molar-refractivity contribution >= 4 is 27.5 Å². The summed E-state index contributed by atoms with van der Waals surface area (Å²) >= 11 is 0. The van der Waals surface area contributed by atoms with Crippen LogP contribution in [0, 0.1) is 12.7 Å². The predicted octanol–water partition coefficient (Wildman–Crippen LogP) is 5.67. The summed E-state index contributed by atoms with van der Waals surface area (Å²) < 4.78 is 44.5. The minimum absolute atomic E-state index is 0.0343. The van der Waals surface area contributed by atoms with E-state index in [-0.39, 0.29) is 23.4 Å². The van der Waals surface area contributed by atoms with Crippen LogP contribution >= 0.6 is 0 Å². The van der Waals surface area contributed by atoms with Gasteiger partial charge in [0, 0.05) is 25.1 Å². The molecule has 0 radical (unpaired) electrons. The van der Waals surface area contributed by atoms with Crippen LogP contribution in [0.2, 0.25) is 0 Å². The molecule has 0 bridgehead atoms. The number of carbonyl (C=O) groups is 2. The first-order valence-electron chi connectivity index (χ1n) is 14.7. The molecule has 0 aliphatic carbocycles. The summed E-state index contributed by atoms with van der Waals surface area (Å²) in [6.45, 7) is 5.05. The zero-order valence-corrected chi connectivity index (χ0v) is 26.1. The van der Waals surface area contributed by atoms with Crippen molar-refractivity contribution in [2.45, 2.75) is 51.1 Å². The molecule has 0 fully saturated rings. The van der Waals surface area contributed by atoms with Crippen LogP contribution in [0.5, 0.6) is 0 Å². The maximum atomic E-state index is 15.0. The van der Waals surface area contributed by atoms with Crippen molar-refractivity contribution in [3.63, 3.8) is 0 Å². The predicted molar refractivity (Wildman–Crippen MR) is 171 cm³/mol. The van der Waals surface area contributed by atoms with Crippen molar-refractivity contribution in [2.75, 3.05) is 17.4 Å². The molecule has 0 aromatic heterocycles. The highest BCUT2D eigenvalue weighted by Gasteiger charge is 2.35. The van der Waals surface area contributed by atoms with E-state index in [9.17, 15) is 22.4 Å². The van der Waals surface area contributed by atoms with Crippen LogP contribution in [0.1, 0.15) is 36.1 Å². The molecule has 4 aromatic rings. The van der Waals surface area contributed by atoms with Gasteiger partial charge in [0.05, 0.1) is 10.6 Å². The molecule has 0 aliphatic heterocycles. The van der Waals surface area contributed by atoms with Crippen molar-refractivity contribution in [3.8, 4) is 0 Å². The van der Waals surface area contributed by atoms with E-state index in [1.54, 1.807) is 49.4 Å². The maximum Gasteiger partial charge on any atom is 0.264 e. The quantitative estimate of drug-likeness (QED) is 0.210. The average molecular weight is 616 g/mol. The minimum atomic E-state index is -4.22. The minimum Gasteiger partial charge on any atom is -0.355 e. The Labute approximate surface area is 259 Å². The van der Waals surface area contributed by atoms with Crippen LogP contribution in [0.4, 0.5) is 10.1 Å². The van der Waals surface area contributed by atoms with Gasteiger partial charge in [0.2, 0.25) is 11.8 Å². The van der Waals surface area contributed by atoms with Crippen LogP contribution in [-0.4, -0.2) is 44.3 Å². The van der Waals surface area contributed by atoms with E-state index in [0.29, 0.717) is 18.7 Å². The third kappa shape index (κ3) is 7.71. The summed E-state index contributed by atoms with van der Waals surface area (Å²) in [5.74, 6) is -1.58. The van der Waals surface area contributed by atoms with Gasteiger partial charge in [0.1, 0.15) is 18.4 Å². The fourth-order valence-corrected chi connectivity index (χ4v) is 6.51. The van der Waals surface area contributed by atoms with Crippen molar-refractivity contribution in [1.29, 1.82) is 0 Å². The van der Waals surface area contributed by atoms with Gasteiger partial charge >= 0.3 is 0 Å². The number of benzene rings is 4. The molecule has 0 unspecified atom stereocenters. The molecular formula is C35H38FN3O4S. The monoisotopic (exact) mass is 615 g/mol. The first-order chi connectivity index (χ1) is 21.1. The first-order valence-corrected chi connectivity index (χ1v) is 16.1. The van der Waals surface area contributed by atoms with Gasteiger partial charge < -0.3 is 10.2 Å². The second-order valence-electron chi connectivity index (χ2n) is 10.5. The smallest absolute Gasteiger partial charge is 0.264 e. The number of hydrogen-bond donors (Lipinski definition) is 1. The number of carbonyl (C=O) groups excluding carboxylic acids is 2. The van der Waals surface area contributed by atoms with Crippen LogP contribution in [-0.2, 0) is 39.0 Å². The highest BCUT2D eigenvalue weighted by Crippen LogP contribution is 2.29. The standard InChI is InChI=1S/C35H38FN3O4S/c1-4-28-15-10-12-18-32(28)39(44(42,43)30-21-19-26(3)20-22-30)25-34(40)38(24-29-16-9-11-17-31(29)36)33(35(41)37-5-2)23-27-13-7-6-8-14-27/h6-22,33H,4-5,23-25H2,1-3H3,(H,37,41)/t33-/m1/s1. The molecule has 0 saturated carbocycles. The van der Waals surface area contributed by atoms with Crippen molar-refractivity contribution in [1.82, 2.24) is 10.2 Å². The number of amides is 2. The lowest BCUT2D eigenvalue weighted by Crippen LogP contribution is -2.53. The lowest BCUT2D eigenvalue weighted by molar-refractivity contribution is -0.140. The fraction of sp³-hybridized carbons (Fsp3) is 0.257. The Morgan fingerprint density at radius 1 is 0.818 bits per heavy atom. The number of para-hydroxylation sites is 1. The lowest BCUT2D eigenvalue weighted by atomic mass is 10.0. The summed E-state index contributed by atoms with van der Waals surface area (Å²) in [4.78, 5) is 29.3. The first kappa shape index (κ1) is 32.4. The molecule has 44 heavy (non-hydrogen) atoms. The second kappa shape index (κ2) is 14.8. The van der Waals surface area contributed by atoms with Gasteiger partial charge in [-0.1, -0.05) is 91.3 Å². The third-order valence-corrected chi connectivity index (χ3v) is 9.22. The van der Waals surface area contributed by atoms with E-state index in [1.165, 1.54) is 23.1 Å². The van der Waals surface area contributed by atoms with E-state index >= 15 is 0 Å². The van der Waals surface area contributed by atoms with Crippen molar-refractivity contribution in [3.05, 3.63) is 131 Å². The molecule has 0 saturated heterocycles. The van der Waals surface area contributed by atoms with Crippen molar-refractivity contribution < 1.29 is 22.4 Å². The zero-order chi connectivity index (χ0) is 31.7. The molecule has 4 aromatic carbocycles. The molecular weight excluding hydrogens is 577 g/mol. The topological polar surface area (TPSA) is 86.8 Å². The average Bonchev–Trinajstić information content (AvgIpc) is 3.03. The van der Waals surface area contributed by atoms with Crippen LogP contribution < -0.4 is 9.62 Å². The number of anilines is 1. The normalized spacial score (nSPS) is 11.9. The van der Waals surface area contributed by atoms with E-state index in [4.69, 9.17) is 0 Å². The van der Waals surface area contributed by atoms with Gasteiger partial charge in [-0.3, -0.25) is 13.9 Å². The number of hydrogen-bond acceptors (Lipinski definition) is 4. The summed E-state index contributed by atoms with van der Waals surface area (Å²) in [7, 11) is -4.22. The Morgan fingerprint density at radius 3 is 2.07 bits per heavy atom. The summed E-state index contributed by atoms with van der Waals surface area (Å²) in [6, 6.07) is 27.7. The summed E-state index contributed by atoms with van der Waals surface area (Å²) in [6.07, 6.45) is 0.682. The molecule has 230 valence electrons. The van der Waals surface area contributed by atoms with E-state index in [0.717, 1.165) is 21.0 Å². The number of sulfonamides is 1. The highest BCUT2D eigenvalue weighted by atomic mass is 32.2. The van der Waals surface area contributed by atoms with E-state index in [1.807, 2.05) is 56.3 Å². The van der Waals surface area contributed by atoms with Gasteiger partial charge in [0.25, 0.3) is 10.0 Å². The SMILES string of the molecule is CCNC(=O)[C@@H](Cc1ccccc1)N(Cc1ccccc1F)C(=O)CN(c1ccccc1CC)S(=O)(=O)c1ccc(C)cc1. The van der Waals surface area contributed by atoms with Crippen molar-refractivity contribution in [2.24, 2.45) is 0 Å². The van der Waals surface area contributed by atoms with E-state index < -0.39 is 40.2 Å². The Hall–Kier alpha value is -4.50. The molecule has 9 heteroatoms. The zero-order valence-electron chi connectivity index (χ0n) is 25.2. The molecule has 0 spiro atoms. The molecule has 0 aliphatic rings. The van der Waals surface area contributed by atoms with Gasteiger partial charge in [-0.15, -0.1) is 0 Å². The molecule has 7 nitrogen and oxygen atoms in total. The van der Waals surface area contributed by atoms with Gasteiger partial charge in [0.15, 0.2) is 0 Å². The van der Waals surface area contributed by atoms with Crippen LogP contribution in [0.25, 0.3) is 0 Å². The number of nitrogens with one attached hydrogen (secondary N) is 1. The largest absolute Gasteiger partial charge is 0.355 e. The molecule has 1 N–H and O–H groups in total. The summed E-state index contributed by atoms with van der Waals surface area (Å²) in [5, 5.41) is 2.81. The molecule has 0 heterocycles. The van der Waals surface area contributed by atoms with Crippen LogP contribution in [0.3, 0.4) is 0 Å². The molecule has 2 amide bonds.